The maximum absolute atomic E-state index is 10.8. The number of rotatable bonds is 2. The number of carboxylic acid groups (broad SMARTS) is 1. The van der Waals surface area contributed by atoms with Crippen LogP contribution < -0.4 is 0 Å². The molecule has 0 radical (unpaired) electrons. The van der Waals surface area contributed by atoms with Gasteiger partial charge in [0.25, 0.3) is 0 Å². The Labute approximate surface area is 102 Å². The van der Waals surface area contributed by atoms with Gasteiger partial charge in [0.1, 0.15) is 0 Å². The van der Waals surface area contributed by atoms with Crippen molar-refractivity contribution in [1.29, 1.82) is 0 Å². The van der Waals surface area contributed by atoms with Gasteiger partial charge in [-0.3, -0.25) is 4.79 Å². The summed E-state index contributed by atoms with van der Waals surface area (Å²) in [4.78, 5) is 13.3. The van der Waals surface area contributed by atoms with Gasteiger partial charge in [-0.25, -0.2) is 0 Å². The van der Waals surface area contributed by atoms with Crippen LogP contribution in [0.3, 0.4) is 0 Å². The molecule has 0 unspecified atom stereocenters. The highest BCUT2D eigenvalue weighted by Gasteiger charge is 2.56. The highest BCUT2D eigenvalue weighted by molar-refractivity contribution is 5.71. The molecule has 2 N–H and O–H groups in total. The molecule has 0 aromatic rings. The summed E-state index contributed by atoms with van der Waals surface area (Å²) in [5.74, 6) is -0.681. The maximum Gasteiger partial charge on any atom is 0.306 e. The molecular weight excluding hydrogens is 218 g/mol. The average molecular weight is 239 g/mol. The number of piperidine rings is 1. The van der Waals surface area contributed by atoms with Crippen LogP contribution in [-0.4, -0.2) is 46.3 Å². The molecule has 3 fully saturated rings. The fourth-order valence-electron chi connectivity index (χ4n) is 3.94. The molecule has 0 atom stereocenters. The van der Waals surface area contributed by atoms with E-state index in [9.17, 15) is 9.90 Å². The Morgan fingerprint density at radius 3 is 2.24 bits per heavy atom. The minimum Gasteiger partial charge on any atom is -0.481 e. The van der Waals surface area contributed by atoms with Crippen molar-refractivity contribution in [2.45, 2.75) is 50.7 Å². The highest BCUT2D eigenvalue weighted by atomic mass is 16.4. The predicted molar refractivity (Wildman–Crippen MR) is 62.6 cm³/mol. The minimum atomic E-state index is -0.611. The number of aliphatic hydroxyl groups excluding tert-OH is 1. The summed E-state index contributed by atoms with van der Waals surface area (Å²) >= 11 is 0. The molecule has 0 bridgehead atoms. The standard InChI is InChI=1S/C13H21NO3/c15-11-1-3-14(4-2-11)10-7-13(8-10)5-9(6-13)12(16)17/h9-11,15H,1-8H2,(H,16,17). The third kappa shape index (κ3) is 1.97. The maximum atomic E-state index is 10.8. The van der Waals surface area contributed by atoms with E-state index in [0.717, 1.165) is 38.8 Å². The van der Waals surface area contributed by atoms with E-state index in [2.05, 4.69) is 4.90 Å². The van der Waals surface area contributed by atoms with Gasteiger partial charge in [-0.05, 0) is 43.9 Å². The molecular formula is C13H21NO3. The quantitative estimate of drug-likeness (QED) is 0.757. The van der Waals surface area contributed by atoms with Gasteiger partial charge in [-0.2, -0.15) is 0 Å². The van der Waals surface area contributed by atoms with E-state index >= 15 is 0 Å². The van der Waals surface area contributed by atoms with Gasteiger partial charge in [-0.1, -0.05) is 0 Å². The summed E-state index contributed by atoms with van der Waals surface area (Å²) in [6.45, 7) is 2.04. The monoisotopic (exact) mass is 239 g/mol. The fourth-order valence-corrected chi connectivity index (χ4v) is 3.94. The molecule has 0 aromatic heterocycles. The molecule has 1 aliphatic heterocycles. The normalized spacial score (nSPS) is 43.1. The SMILES string of the molecule is O=C(O)C1CC2(C1)CC(N1CCC(O)CC1)C2. The summed E-state index contributed by atoms with van der Waals surface area (Å²) in [5, 5.41) is 18.4. The Balaban J connectivity index is 1.45. The molecule has 2 saturated carbocycles. The lowest BCUT2D eigenvalue weighted by molar-refractivity contribution is -0.160. The number of hydrogen-bond acceptors (Lipinski definition) is 3. The van der Waals surface area contributed by atoms with Crippen molar-refractivity contribution in [3.05, 3.63) is 0 Å². The number of hydrogen-bond donors (Lipinski definition) is 2. The van der Waals surface area contributed by atoms with Gasteiger partial charge in [-0.15, -0.1) is 0 Å². The summed E-state index contributed by atoms with van der Waals surface area (Å²) in [5.41, 5.74) is 0.379. The van der Waals surface area contributed by atoms with Crippen LogP contribution in [0.25, 0.3) is 0 Å². The van der Waals surface area contributed by atoms with Gasteiger partial charge in [0.05, 0.1) is 12.0 Å². The molecule has 2 aliphatic carbocycles. The molecule has 0 aromatic carbocycles. The Morgan fingerprint density at radius 2 is 1.71 bits per heavy atom. The number of aliphatic carboxylic acids is 1. The Hall–Kier alpha value is -0.610. The van der Waals surface area contributed by atoms with Crippen LogP contribution in [0.15, 0.2) is 0 Å². The zero-order valence-corrected chi connectivity index (χ0v) is 10.1. The lowest BCUT2D eigenvalue weighted by Crippen LogP contribution is -2.58. The summed E-state index contributed by atoms with van der Waals surface area (Å²) in [6, 6.07) is 0.664. The number of nitrogens with zero attached hydrogens (tertiary/aromatic N) is 1. The number of likely N-dealkylation sites (tertiary alicyclic amines) is 1. The van der Waals surface area contributed by atoms with Crippen LogP contribution in [0.5, 0.6) is 0 Å². The molecule has 4 heteroatoms. The second-order valence-corrected chi connectivity index (χ2v) is 6.27. The van der Waals surface area contributed by atoms with Crippen LogP contribution >= 0.6 is 0 Å². The molecule has 17 heavy (non-hydrogen) atoms. The van der Waals surface area contributed by atoms with Crippen molar-refractivity contribution in [3.8, 4) is 0 Å². The largest absolute Gasteiger partial charge is 0.481 e. The van der Waals surface area contributed by atoms with Crippen LogP contribution in [-0.2, 0) is 4.79 Å². The summed E-state index contributed by atoms with van der Waals surface area (Å²) < 4.78 is 0. The van der Waals surface area contributed by atoms with E-state index in [1.54, 1.807) is 0 Å². The van der Waals surface area contributed by atoms with Crippen molar-refractivity contribution in [2.24, 2.45) is 11.3 Å². The van der Waals surface area contributed by atoms with Crippen molar-refractivity contribution in [2.75, 3.05) is 13.1 Å². The van der Waals surface area contributed by atoms with E-state index in [1.807, 2.05) is 0 Å². The highest BCUT2D eigenvalue weighted by Crippen LogP contribution is 2.60. The molecule has 96 valence electrons. The van der Waals surface area contributed by atoms with Crippen LogP contribution in [0.1, 0.15) is 38.5 Å². The first-order valence-electron chi connectivity index (χ1n) is 6.73. The molecule has 1 spiro atoms. The lowest BCUT2D eigenvalue weighted by Gasteiger charge is -2.59. The predicted octanol–water partition coefficient (Wildman–Crippen LogP) is 1.09. The molecule has 3 rings (SSSR count). The third-order valence-electron chi connectivity index (χ3n) is 5.06. The van der Waals surface area contributed by atoms with Crippen LogP contribution in [0.4, 0.5) is 0 Å². The topological polar surface area (TPSA) is 60.8 Å². The number of carbonyl (C=O) groups is 1. The van der Waals surface area contributed by atoms with Gasteiger partial charge in [0.2, 0.25) is 0 Å². The Kier molecular flexibility index (Phi) is 2.67. The zero-order valence-electron chi connectivity index (χ0n) is 10.1. The van der Waals surface area contributed by atoms with Gasteiger partial charge >= 0.3 is 5.97 Å². The molecule has 3 aliphatic rings. The Morgan fingerprint density at radius 1 is 1.12 bits per heavy atom. The van der Waals surface area contributed by atoms with Crippen molar-refractivity contribution < 1.29 is 15.0 Å². The molecule has 1 heterocycles. The van der Waals surface area contributed by atoms with Gasteiger partial charge in [0, 0.05) is 19.1 Å². The van der Waals surface area contributed by atoms with Crippen molar-refractivity contribution in [1.82, 2.24) is 4.90 Å². The van der Waals surface area contributed by atoms with Gasteiger partial charge < -0.3 is 15.1 Å². The van der Waals surface area contributed by atoms with Gasteiger partial charge in [0.15, 0.2) is 0 Å². The van der Waals surface area contributed by atoms with E-state index < -0.39 is 5.97 Å². The first-order valence-corrected chi connectivity index (χ1v) is 6.73. The molecule has 0 amide bonds. The average Bonchev–Trinajstić information content (AvgIpc) is 2.15. The van der Waals surface area contributed by atoms with Crippen LogP contribution in [0.2, 0.25) is 0 Å². The number of aliphatic hydroxyl groups is 1. The second-order valence-electron chi connectivity index (χ2n) is 6.27. The Bertz CT molecular complexity index is 309. The van der Waals surface area contributed by atoms with E-state index in [0.29, 0.717) is 11.5 Å². The molecule has 1 saturated heterocycles. The van der Waals surface area contributed by atoms with Crippen molar-refractivity contribution in [3.63, 3.8) is 0 Å². The minimum absolute atomic E-state index is 0.0703. The zero-order chi connectivity index (χ0) is 12.0. The summed E-state index contributed by atoms with van der Waals surface area (Å²) in [7, 11) is 0. The first kappa shape index (κ1) is 11.5. The third-order valence-corrected chi connectivity index (χ3v) is 5.06. The van der Waals surface area contributed by atoms with Crippen LogP contribution in [0, 0.1) is 11.3 Å². The lowest BCUT2D eigenvalue weighted by atomic mass is 9.49. The number of carboxylic acids is 1. The fraction of sp³-hybridized carbons (Fsp3) is 0.923. The van der Waals surface area contributed by atoms with E-state index in [4.69, 9.17) is 5.11 Å². The second kappa shape index (κ2) is 3.95. The first-order chi connectivity index (χ1) is 8.08. The molecule has 4 nitrogen and oxygen atoms in total. The van der Waals surface area contributed by atoms with E-state index in [1.165, 1.54) is 12.8 Å². The smallest absolute Gasteiger partial charge is 0.306 e. The van der Waals surface area contributed by atoms with Crippen molar-refractivity contribution >= 4 is 5.97 Å². The summed E-state index contributed by atoms with van der Waals surface area (Å²) in [6.07, 6.45) is 5.88. The van der Waals surface area contributed by atoms with E-state index in [-0.39, 0.29) is 12.0 Å².